The van der Waals surface area contributed by atoms with Crippen LogP contribution >= 0.6 is 0 Å². The molecular weight excluding hydrogens is 292 g/mol. The number of hydrogen-bond donors (Lipinski definition) is 2. The van der Waals surface area contributed by atoms with E-state index < -0.39 is 16.1 Å². The van der Waals surface area contributed by atoms with Gasteiger partial charge in [0.1, 0.15) is 0 Å². The van der Waals surface area contributed by atoms with Gasteiger partial charge < -0.3 is 15.4 Å². The van der Waals surface area contributed by atoms with Crippen molar-refractivity contribution >= 4 is 21.4 Å². The van der Waals surface area contributed by atoms with E-state index in [-0.39, 0.29) is 4.90 Å². The molecule has 0 saturated carbocycles. The predicted octanol–water partition coefficient (Wildman–Crippen LogP) is 0.296. The van der Waals surface area contributed by atoms with Crippen molar-refractivity contribution in [3.63, 3.8) is 0 Å². The van der Waals surface area contributed by atoms with Crippen LogP contribution in [0, 0.1) is 11.3 Å². The summed E-state index contributed by atoms with van der Waals surface area (Å²) in [5.74, 6) is 0. The molecule has 0 aliphatic carbocycles. The first kappa shape index (κ1) is 15.6. The Morgan fingerprint density at radius 1 is 1.57 bits per heavy atom. The number of nitrogens with one attached hydrogen (secondary N) is 1. The molecule has 1 heterocycles. The molecule has 1 saturated heterocycles. The minimum Gasteiger partial charge on any atom is -0.397 e. The maximum atomic E-state index is 12.1. The van der Waals surface area contributed by atoms with E-state index >= 15 is 0 Å². The molecular formula is C13H18N4O3S. The van der Waals surface area contributed by atoms with Crippen molar-refractivity contribution in [2.75, 3.05) is 36.9 Å². The SMILES string of the molecule is CCNS(=O)(=O)c1ccc(N)c(N2CCOC(C#N)C2)c1. The van der Waals surface area contributed by atoms with Crippen LogP contribution in [0.1, 0.15) is 6.92 Å². The third-order valence-corrected chi connectivity index (χ3v) is 4.74. The zero-order chi connectivity index (χ0) is 15.5. The van der Waals surface area contributed by atoms with Crippen LogP contribution in [0.2, 0.25) is 0 Å². The summed E-state index contributed by atoms with van der Waals surface area (Å²) in [6.07, 6.45) is -0.535. The van der Waals surface area contributed by atoms with Crippen molar-refractivity contribution in [3.05, 3.63) is 18.2 Å². The van der Waals surface area contributed by atoms with Crippen molar-refractivity contribution in [2.45, 2.75) is 17.9 Å². The number of anilines is 2. The number of morpholine rings is 1. The molecule has 21 heavy (non-hydrogen) atoms. The molecule has 8 heteroatoms. The Labute approximate surface area is 124 Å². The summed E-state index contributed by atoms with van der Waals surface area (Å²) in [5.41, 5.74) is 7.03. The lowest BCUT2D eigenvalue weighted by atomic mass is 10.2. The van der Waals surface area contributed by atoms with Gasteiger partial charge in [-0.05, 0) is 18.2 Å². The average molecular weight is 310 g/mol. The number of nitriles is 1. The molecule has 0 aromatic heterocycles. The standard InChI is InChI=1S/C13H18N4O3S/c1-2-16-21(18,19)11-3-4-12(15)13(7-11)17-5-6-20-10(8-14)9-17/h3-4,7,10,16H,2,5-6,9,15H2,1H3. The van der Waals surface area contributed by atoms with Gasteiger partial charge in [0.25, 0.3) is 0 Å². The second-order valence-electron chi connectivity index (χ2n) is 4.66. The van der Waals surface area contributed by atoms with Gasteiger partial charge in [0.2, 0.25) is 10.0 Å². The largest absolute Gasteiger partial charge is 0.397 e. The highest BCUT2D eigenvalue weighted by Gasteiger charge is 2.23. The third-order valence-electron chi connectivity index (χ3n) is 3.20. The van der Waals surface area contributed by atoms with Gasteiger partial charge >= 0.3 is 0 Å². The Bertz CT molecular complexity index is 654. The van der Waals surface area contributed by atoms with Crippen LogP contribution in [-0.4, -0.2) is 40.8 Å². The van der Waals surface area contributed by atoms with Crippen LogP contribution in [0.4, 0.5) is 11.4 Å². The fraction of sp³-hybridized carbons (Fsp3) is 0.462. The van der Waals surface area contributed by atoms with E-state index in [2.05, 4.69) is 10.8 Å². The minimum atomic E-state index is -3.54. The lowest BCUT2D eigenvalue weighted by Crippen LogP contribution is -2.42. The Morgan fingerprint density at radius 2 is 2.33 bits per heavy atom. The summed E-state index contributed by atoms with van der Waals surface area (Å²) in [4.78, 5) is 2.03. The number of nitrogens with two attached hydrogens (primary N) is 1. The van der Waals surface area contributed by atoms with E-state index in [1.807, 2.05) is 4.90 Å². The van der Waals surface area contributed by atoms with Crippen molar-refractivity contribution in [1.82, 2.24) is 4.72 Å². The molecule has 1 aliphatic rings. The van der Waals surface area contributed by atoms with Gasteiger partial charge in [0.15, 0.2) is 6.10 Å². The summed E-state index contributed by atoms with van der Waals surface area (Å²) in [6, 6.07) is 6.62. The highest BCUT2D eigenvalue weighted by molar-refractivity contribution is 7.89. The van der Waals surface area contributed by atoms with Gasteiger partial charge in [-0.25, -0.2) is 13.1 Å². The van der Waals surface area contributed by atoms with Gasteiger partial charge in [0.05, 0.1) is 35.5 Å². The normalized spacial score (nSPS) is 19.2. The van der Waals surface area contributed by atoms with Crippen LogP contribution in [0.5, 0.6) is 0 Å². The zero-order valence-corrected chi connectivity index (χ0v) is 12.6. The maximum absolute atomic E-state index is 12.1. The van der Waals surface area contributed by atoms with E-state index in [1.165, 1.54) is 12.1 Å². The molecule has 1 aliphatic heterocycles. The van der Waals surface area contributed by atoms with Gasteiger partial charge in [-0.1, -0.05) is 6.92 Å². The highest BCUT2D eigenvalue weighted by Crippen LogP contribution is 2.28. The number of benzene rings is 1. The second kappa shape index (κ2) is 6.30. The summed E-state index contributed by atoms with van der Waals surface area (Å²) in [7, 11) is -3.54. The van der Waals surface area contributed by atoms with Crippen LogP contribution < -0.4 is 15.4 Å². The van der Waals surface area contributed by atoms with Gasteiger partial charge in [-0.15, -0.1) is 0 Å². The highest BCUT2D eigenvalue weighted by atomic mass is 32.2. The minimum absolute atomic E-state index is 0.161. The van der Waals surface area contributed by atoms with E-state index in [0.717, 1.165) is 0 Å². The Kier molecular flexibility index (Phi) is 4.67. The first-order valence-corrected chi connectivity index (χ1v) is 8.11. The monoisotopic (exact) mass is 310 g/mol. The molecule has 2 rings (SSSR count). The second-order valence-corrected chi connectivity index (χ2v) is 6.42. The topological polar surface area (TPSA) is 108 Å². The number of hydrogen-bond acceptors (Lipinski definition) is 6. The van der Waals surface area contributed by atoms with Gasteiger partial charge in [-0.3, -0.25) is 0 Å². The van der Waals surface area contributed by atoms with Gasteiger partial charge in [0, 0.05) is 13.1 Å². The van der Waals surface area contributed by atoms with Crippen LogP contribution in [-0.2, 0) is 14.8 Å². The maximum Gasteiger partial charge on any atom is 0.240 e. The number of nitrogen functional groups attached to an aromatic ring is 1. The van der Waals surface area contributed by atoms with Crippen molar-refractivity contribution in [1.29, 1.82) is 5.26 Å². The van der Waals surface area contributed by atoms with Crippen LogP contribution in [0.3, 0.4) is 0 Å². The predicted molar refractivity (Wildman–Crippen MR) is 79.3 cm³/mol. The van der Waals surface area contributed by atoms with E-state index in [1.54, 1.807) is 13.0 Å². The zero-order valence-electron chi connectivity index (χ0n) is 11.7. The summed E-state index contributed by atoms with van der Waals surface area (Å²) in [6.45, 7) is 3.37. The molecule has 0 radical (unpaired) electrons. The lowest BCUT2D eigenvalue weighted by molar-refractivity contribution is 0.0765. The molecule has 7 nitrogen and oxygen atoms in total. The van der Waals surface area contributed by atoms with Crippen molar-refractivity contribution < 1.29 is 13.2 Å². The molecule has 1 atom stereocenters. The smallest absolute Gasteiger partial charge is 0.240 e. The molecule has 114 valence electrons. The number of ether oxygens (including phenoxy) is 1. The van der Waals surface area contributed by atoms with Crippen LogP contribution in [0.15, 0.2) is 23.1 Å². The number of rotatable bonds is 4. The molecule has 1 unspecified atom stereocenters. The van der Waals surface area contributed by atoms with Gasteiger partial charge in [-0.2, -0.15) is 5.26 Å². The fourth-order valence-corrected chi connectivity index (χ4v) is 3.24. The average Bonchev–Trinajstić information content (AvgIpc) is 2.47. The molecule has 0 spiro atoms. The molecule has 3 N–H and O–H groups in total. The number of sulfonamides is 1. The molecule has 1 fully saturated rings. The first-order chi connectivity index (χ1) is 9.97. The first-order valence-electron chi connectivity index (χ1n) is 6.63. The summed E-state index contributed by atoms with van der Waals surface area (Å²) in [5, 5.41) is 8.94. The summed E-state index contributed by atoms with van der Waals surface area (Å²) < 4.78 is 31.8. The van der Waals surface area contributed by atoms with E-state index in [0.29, 0.717) is 37.6 Å². The Morgan fingerprint density at radius 3 is 3.00 bits per heavy atom. The Balaban J connectivity index is 2.34. The Hall–Kier alpha value is -1.82. The molecule has 0 bridgehead atoms. The third kappa shape index (κ3) is 3.44. The molecule has 0 amide bonds. The summed E-state index contributed by atoms with van der Waals surface area (Å²) >= 11 is 0. The van der Waals surface area contributed by atoms with E-state index in [9.17, 15) is 8.42 Å². The van der Waals surface area contributed by atoms with Crippen molar-refractivity contribution in [2.24, 2.45) is 0 Å². The fourth-order valence-electron chi connectivity index (χ4n) is 2.18. The van der Waals surface area contributed by atoms with Crippen molar-refractivity contribution in [3.8, 4) is 6.07 Å². The van der Waals surface area contributed by atoms with E-state index in [4.69, 9.17) is 15.7 Å². The quantitative estimate of drug-likeness (QED) is 0.774. The lowest BCUT2D eigenvalue weighted by Gasteiger charge is -2.32. The van der Waals surface area contributed by atoms with Crippen LogP contribution in [0.25, 0.3) is 0 Å². The molecule has 1 aromatic carbocycles. The molecule has 1 aromatic rings. The number of nitrogens with zero attached hydrogens (tertiary/aromatic N) is 2.